The van der Waals surface area contributed by atoms with Crippen LogP contribution in [-0.4, -0.2) is 32.4 Å². The summed E-state index contributed by atoms with van der Waals surface area (Å²) >= 11 is 0. The van der Waals surface area contributed by atoms with Crippen LogP contribution < -0.4 is 5.23 Å². The molecule has 0 radical (unpaired) electrons. The van der Waals surface area contributed by atoms with E-state index in [1.165, 1.54) is 24.0 Å². The highest BCUT2D eigenvalue weighted by Gasteiger charge is 2.15. The molecule has 0 unspecified atom stereocenters. The van der Waals surface area contributed by atoms with Crippen LogP contribution in [0.1, 0.15) is 12.0 Å². The number of para-hydroxylation sites is 1. The number of fused-ring (bicyclic) bond motifs is 1. The summed E-state index contributed by atoms with van der Waals surface area (Å²) in [6.07, 6.45) is 4.66. The van der Waals surface area contributed by atoms with Gasteiger partial charge in [0.05, 0.1) is 0 Å². The molecular formula is C13H19BN2. The summed E-state index contributed by atoms with van der Waals surface area (Å²) in [4.78, 5) is 2.24. The number of nitrogens with one attached hydrogen (secondary N) is 1. The van der Waals surface area contributed by atoms with Crippen molar-refractivity contribution in [2.75, 3.05) is 25.9 Å². The van der Waals surface area contributed by atoms with E-state index in [1.807, 2.05) is 0 Å². The quantitative estimate of drug-likeness (QED) is 0.775. The van der Waals surface area contributed by atoms with Gasteiger partial charge in [-0.05, 0) is 45.0 Å². The highest BCUT2D eigenvalue weighted by molar-refractivity contribution is 6.69. The Morgan fingerprint density at radius 1 is 1.25 bits per heavy atom. The standard InChI is InChI=1S/C13H19BN2/c1-16(2)11-5-9-14-10-8-12-6-3-4-7-13(12)15-14/h3-4,6-8,10,15H,5,9,11H2,1-2H3. The van der Waals surface area contributed by atoms with E-state index in [1.54, 1.807) is 0 Å². The average Bonchev–Trinajstić information content (AvgIpc) is 2.28. The Balaban J connectivity index is 1.88. The highest BCUT2D eigenvalue weighted by atomic mass is 15.0. The van der Waals surface area contributed by atoms with E-state index < -0.39 is 0 Å². The Kier molecular flexibility index (Phi) is 3.68. The molecule has 0 saturated heterocycles. The Morgan fingerprint density at radius 2 is 2.06 bits per heavy atom. The van der Waals surface area contributed by atoms with Crippen LogP contribution in [0.5, 0.6) is 0 Å². The topological polar surface area (TPSA) is 15.3 Å². The Morgan fingerprint density at radius 3 is 2.88 bits per heavy atom. The predicted octanol–water partition coefficient (Wildman–Crippen LogP) is 2.61. The molecular weight excluding hydrogens is 195 g/mol. The van der Waals surface area contributed by atoms with Gasteiger partial charge >= 0.3 is 0 Å². The molecule has 1 aromatic rings. The second kappa shape index (κ2) is 5.22. The van der Waals surface area contributed by atoms with E-state index in [9.17, 15) is 0 Å². The fourth-order valence-corrected chi connectivity index (χ4v) is 2.04. The molecule has 1 aliphatic heterocycles. The Labute approximate surface area is 98.4 Å². The van der Waals surface area contributed by atoms with Gasteiger partial charge in [-0.3, -0.25) is 0 Å². The molecule has 0 fully saturated rings. The normalized spacial score (nSPS) is 13.8. The highest BCUT2D eigenvalue weighted by Crippen LogP contribution is 2.22. The molecule has 2 nitrogen and oxygen atoms in total. The van der Waals surface area contributed by atoms with Gasteiger partial charge in [-0.2, -0.15) is 0 Å². The minimum absolute atomic E-state index is 0.495. The fraction of sp³-hybridized carbons (Fsp3) is 0.385. The van der Waals surface area contributed by atoms with Crippen molar-refractivity contribution in [1.82, 2.24) is 4.90 Å². The van der Waals surface area contributed by atoms with Gasteiger partial charge in [-0.15, -0.1) is 0 Å². The van der Waals surface area contributed by atoms with E-state index in [4.69, 9.17) is 0 Å². The molecule has 1 aromatic carbocycles. The predicted molar refractivity (Wildman–Crippen MR) is 72.8 cm³/mol. The summed E-state index contributed by atoms with van der Waals surface area (Å²) in [5.74, 6) is 2.28. The number of anilines is 1. The number of benzene rings is 1. The zero-order valence-electron chi connectivity index (χ0n) is 10.1. The number of rotatable bonds is 4. The zero-order chi connectivity index (χ0) is 11.4. The van der Waals surface area contributed by atoms with Crippen LogP contribution in [0.15, 0.2) is 30.2 Å². The van der Waals surface area contributed by atoms with Crippen LogP contribution in [0, 0.1) is 0 Å². The van der Waals surface area contributed by atoms with Gasteiger partial charge in [0.25, 0.3) is 6.85 Å². The first kappa shape index (κ1) is 11.3. The molecule has 0 saturated carbocycles. The molecule has 0 atom stereocenters. The Bertz CT molecular complexity index is 374. The van der Waals surface area contributed by atoms with E-state index >= 15 is 0 Å². The monoisotopic (exact) mass is 214 g/mol. The van der Waals surface area contributed by atoms with Crippen LogP contribution in [0.3, 0.4) is 0 Å². The van der Waals surface area contributed by atoms with Gasteiger partial charge in [0.1, 0.15) is 0 Å². The van der Waals surface area contributed by atoms with Gasteiger partial charge < -0.3 is 10.1 Å². The molecule has 2 rings (SSSR count). The molecule has 0 bridgehead atoms. The van der Waals surface area contributed by atoms with Crippen LogP contribution in [-0.2, 0) is 0 Å². The van der Waals surface area contributed by atoms with Crippen molar-refractivity contribution in [2.24, 2.45) is 0 Å². The lowest BCUT2D eigenvalue weighted by Crippen LogP contribution is -2.26. The first-order valence-electron chi connectivity index (χ1n) is 5.94. The number of nitrogens with zero attached hydrogens (tertiary/aromatic N) is 1. The van der Waals surface area contributed by atoms with Crippen molar-refractivity contribution in [2.45, 2.75) is 12.7 Å². The molecule has 84 valence electrons. The maximum absolute atomic E-state index is 3.57. The summed E-state index contributed by atoms with van der Waals surface area (Å²) in [6, 6.07) is 8.46. The second-order valence-corrected chi connectivity index (χ2v) is 4.64. The molecule has 0 spiro atoms. The molecule has 16 heavy (non-hydrogen) atoms. The molecule has 3 heteroatoms. The van der Waals surface area contributed by atoms with Gasteiger partial charge in [-0.1, -0.05) is 30.3 Å². The maximum atomic E-state index is 3.57. The molecule has 0 aromatic heterocycles. The third kappa shape index (κ3) is 2.89. The lowest BCUT2D eigenvalue weighted by Gasteiger charge is -2.20. The largest absolute Gasteiger partial charge is 0.424 e. The summed E-state index contributed by atoms with van der Waals surface area (Å²) in [5.41, 5.74) is 2.56. The molecule has 1 N–H and O–H groups in total. The second-order valence-electron chi connectivity index (χ2n) is 4.64. The van der Waals surface area contributed by atoms with Crippen LogP contribution in [0.2, 0.25) is 6.32 Å². The van der Waals surface area contributed by atoms with Crippen molar-refractivity contribution in [1.29, 1.82) is 0 Å². The lowest BCUT2D eigenvalue weighted by atomic mass is 9.56. The van der Waals surface area contributed by atoms with E-state index in [0.29, 0.717) is 6.85 Å². The van der Waals surface area contributed by atoms with E-state index in [-0.39, 0.29) is 0 Å². The van der Waals surface area contributed by atoms with Crippen LogP contribution in [0.4, 0.5) is 5.69 Å². The third-order valence-electron chi connectivity index (χ3n) is 2.93. The van der Waals surface area contributed by atoms with E-state index in [0.717, 1.165) is 6.54 Å². The SMILES string of the molecule is CN(C)CCCB1C=Cc2ccccc2N1. The smallest absolute Gasteiger partial charge is 0.278 e. The van der Waals surface area contributed by atoms with Crippen LogP contribution in [0.25, 0.3) is 6.08 Å². The van der Waals surface area contributed by atoms with Crippen LogP contribution >= 0.6 is 0 Å². The summed E-state index contributed by atoms with van der Waals surface area (Å²) < 4.78 is 0. The van der Waals surface area contributed by atoms with E-state index in [2.05, 4.69) is 60.5 Å². The molecule has 1 aliphatic rings. The number of hydrogen-bond donors (Lipinski definition) is 1. The minimum atomic E-state index is 0.495. The zero-order valence-corrected chi connectivity index (χ0v) is 10.1. The number of hydrogen-bond acceptors (Lipinski definition) is 2. The van der Waals surface area contributed by atoms with Gasteiger partial charge in [0.15, 0.2) is 0 Å². The lowest BCUT2D eigenvalue weighted by molar-refractivity contribution is 0.408. The molecule has 1 heterocycles. The molecule has 0 aliphatic carbocycles. The van der Waals surface area contributed by atoms with Gasteiger partial charge in [0.2, 0.25) is 0 Å². The minimum Gasteiger partial charge on any atom is -0.424 e. The average molecular weight is 214 g/mol. The van der Waals surface area contributed by atoms with Crippen molar-refractivity contribution in [3.8, 4) is 0 Å². The van der Waals surface area contributed by atoms with Crippen molar-refractivity contribution >= 4 is 18.6 Å². The van der Waals surface area contributed by atoms with Crippen molar-refractivity contribution in [3.05, 3.63) is 35.8 Å². The maximum Gasteiger partial charge on any atom is 0.278 e. The molecule has 0 amide bonds. The van der Waals surface area contributed by atoms with Gasteiger partial charge in [-0.25, -0.2) is 0 Å². The van der Waals surface area contributed by atoms with Crippen molar-refractivity contribution < 1.29 is 0 Å². The summed E-state index contributed by atoms with van der Waals surface area (Å²) in [5, 5.41) is 3.57. The van der Waals surface area contributed by atoms with Gasteiger partial charge in [0, 0.05) is 5.69 Å². The summed E-state index contributed by atoms with van der Waals surface area (Å²) in [6.45, 7) is 1.66. The fourth-order valence-electron chi connectivity index (χ4n) is 2.04. The summed E-state index contributed by atoms with van der Waals surface area (Å²) in [7, 11) is 4.25. The van der Waals surface area contributed by atoms with Crippen molar-refractivity contribution in [3.63, 3.8) is 0 Å². The third-order valence-corrected chi connectivity index (χ3v) is 2.93. The first-order chi connectivity index (χ1) is 7.75. The first-order valence-corrected chi connectivity index (χ1v) is 5.94. The Hall–Kier alpha value is -1.22.